The number of rotatable bonds is 5. The molecule has 0 aliphatic heterocycles. The van der Waals surface area contributed by atoms with E-state index in [1.807, 2.05) is 38.1 Å². The van der Waals surface area contributed by atoms with Crippen molar-refractivity contribution in [3.63, 3.8) is 0 Å². The summed E-state index contributed by atoms with van der Waals surface area (Å²) in [5.41, 5.74) is 0.670. The molecule has 20 heavy (non-hydrogen) atoms. The molecule has 0 radical (unpaired) electrons. The summed E-state index contributed by atoms with van der Waals surface area (Å²) in [6.07, 6.45) is 3.56. The van der Waals surface area contributed by atoms with Gasteiger partial charge in [-0.25, -0.2) is 0 Å². The van der Waals surface area contributed by atoms with E-state index in [4.69, 9.17) is 4.74 Å². The van der Waals surface area contributed by atoms with E-state index in [-0.39, 0.29) is 18.1 Å². The van der Waals surface area contributed by atoms with Crippen molar-refractivity contribution in [1.29, 1.82) is 0 Å². The quantitative estimate of drug-likeness (QED) is 0.829. The number of carbonyl (C=O) groups excluding carboxylic acids is 1. The second-order valence-electron chi connectivity index (χ2n) is 5.62. The van der Waals surface area contributed by atoms with Crippen LogP contribution in [-0.4, -0.2) is 23.4 Å². The molecule has 1 N–H and O–H groups in total. The Kier molecular flexibility index (Phi) is 5.46. The topological polar surface area (TPSA) is 38.3 Å². The summed E-state index contributed by atoms with van der Waals surface area (Å²) in [6.45, 7) is 3.96. The van der Waals surface area contributed by atoms with Crippen molar-refractivity contribution >= 4 is 21.8 Å². The molecular formula is C16H22BrNO2. The van der Waals surface area contributed by atoms with Gasteiger partial charge in [-0.3, -0.25) is 4.79 Å². The van der Waals surface area contributed by atoms with Gasteiger partial charge < -0.3 is 10.1 Å². The Morgan fingerprint density at radius 2 is 2.25 bits per heavy atom. The Bertz CT molecular complexity index is 462. The van der Waals surface area contributed by atoms with Crippen molar-refractivity contribution in [1.82, 2.24) is 5.32 Å². The van der Waals surface area contributed by atoms with Gasteiger partial charge in [0.2, 0.25) is 0 Å². The van der Waals surface area contributed by atoms with E-state index >= 15 is 0 Å². The van der Waals surface area contributed by atoms with Crippen LogP contribution in [-0.2, 0) is 0 Å². The SMILES string of the molecule is CC(C)Oc1cccc(C(=O)NC2CCCC2CBr)c1. The molecule has 1 aliphatic rings. The molecule has 3 nitrogen and oxygen atoms in total. The lowest BCUT2D eigenvalue weighted by Gasteiger charge is -2.19. The fourth-order valence-corrected chi connectivity index (χ4v) is 3.42. The summed E-state index contributed by atoms with van der Waals surface area (Å²) < 4.78 is 5.63. The van der Waals surface area contributed by atoms with Gasteiger partial charge in [0.1, 0.15) is 5.75 Å². The molecule has 1 amide bonds. The Balaban J connectivity index is 2.01. The maximum absolute atomic E-state index is 12.3. The number of hydrogen-bond acceptors (Lipinski definition) is 2. The minimum atomic E-state index is -0.00273. The Morgan fingerprint density at radius 3 is 2.95 bits per heavy atom. The minimum absolute atomic E-state index is 0.00273. The molecule has 1 aliphatic carbocycles. The number of halogens is 1. The normalized spacial score (nSPS) is 22.0. The van der Waals surface area contributed by atoms with Gasteiger partial charge in [-0.05, 0) is 50.8 Å². The maximum atomic E-state index is 12.3. The predicted octanol–water partition coefficient (Wildman–Crippen LogP) is 3.77. The fraction of sp³-hybridized carbons (Fsp3) is 0.562. The Labute approximate surface area is 129 Å². The molecule has 0 bridgehead atoms. The number of ether oxygens (including phenoxy) is 1. The van der Waals surface area contributed by atoms with E-state index in [0.717, 1.165) is 17.5 Å². The van der Waals surface area contributed by atoms with E-state index in [0.29, 0.717) is 11.5 Å². The summed E-state index contributed by atoms with van der Waals surface area (Å²) in [6, 6.07) is 7.68. The van der Waals surface area contributed by atoms with E-state index in [9.17, 15) is 4.79 Å². The van der Waals surface area contributed by atoms with Crippen LogP contribution in [0.3, 0.4) is 0 Å². The van der Waals surface area contributed by atoms with E-state index in [1.165, 1.54) is 12.8 Å². The van der Waals surface area contributed by atoms with Crippen molar-refractivity contribution in [2.45, 2.75) is 45.3 Å². The molecule has 2 unspecified atom stereocenters. The van der Waals surface area contributed by atoms with E-state index < -0.39 is 0 Å². The van der Waals surface area contributed by atoms with Crippen LogP contribution in [0.2, 0.25) is 0 Å². The van der Waals surface area contributed by atoms with Crippen LogP contribution in [0, 0.1) is 5.92 Å². The lowest BCUT2D eigenvalue weighted by Crippen LogP contribution is -2.37. The molecule has 1 aromatic carbocycles. The van der Waals surface area contributed by atoms with E-state index in [1.54, 1.807) is 0 Å². The third kappa shape index (κ3) is 3.98. The zero-order valence-corrected chi connectivity index (χ0v) is 13.7. The van der Waals surface area contributed by atoms with Crippen LogP contribution in [0.15, 0.2) is 24.3 Å². The van der Waals surface area contributed by atoms with Crippen molar-refractivity contribution in [2.24, 2.45) is 5.92 Å². The van der Waals surface area contributed by atoms with Gasteiger partial charge in [0.25, 0.3) is 5.91 Å². The Hall–Kier alpha value is -1.03. The predicted molar refractivity (Wildman–Crippen MR) is 84.6 cm³/mol. The molecule has 2 rings (SSSR count). The molecule has 1 saturated carbocycles. The molecule has 0 heterocycles. The first-order chi connectivity index (χ1) is 9.60. The van der Waals surface area contributed by atoms with Crippen molar-refractivity contribution < 1.29 is 9.53 Å². The first-order valence-corrected chi connectivity index (χ1v) is 8.36. The highest BCUT2D eigenvalue weighted by atomic mass is 79.9. The van der Waals surface area contributed by atoms with Crippen LogP contribution in [0.1, 0.15) is 43.5 Å². The Morgan fingerprint density at radius 1 is 1.45 bits per heavy atom. The lowest BCUT2D eigenvalue weighted by molar-refractivity contribution is 0.0929. The molecule has 0 aromatic heterocycles. The smallest absolute Gasteiger partial charge is 0.251 e. The van der Waals surface area contributed by atoms with Crippen LogP contribution in [0.5, 0.6) is 5.75 Å². The van der Waals surface area contributed by atoms with E-state index in [2.05, 4.69) is 21.2 Å². The average molecular weight is 340 g/mol. The number of carbonyl (C=O) groups is 1. The molecule has 4 heteroatoms. The fourth-order valence-electron chi connectivity index (χ4n) is 2.65. The minimum Gasteiger partial charge on any atom is -0.491 e. The van der Waals surface area contributed by atoms with Crippen LogP contribution >= 0.6 is 15.9 Å². The summed E-state index contributed by atoms with van der Waals surface area (Å²) in [5, 5.41) is 4.11. The summed E-state index contributed by atoms with van der Waals surface area (Å²) in [7, 11) is 0. The van der Waals surface area contributed by atoms with Crippen LogP contribution in [0.4, 0.5) is 0 Å². The highest BCUT2D eigenvalue weighted by Gasteiger charge is 2.27. The lowest BCUT2D eigenvalue weighted by atomic mass is 10.1. The summed E-state index contributed by atoms with van der Waals surface area (Å²) in [4.78, 5) is 12.3. The standard InChI is InChI=1S/C16H22BrNO2/c1-11(2)20-14-7-3-5-12(9-14)16(19)18-15-8-4-6-13(15)10-17/h3,5,7,9,11,13,15H,4,6,8,10H2,1-2H3,(H,18,19). The molecule has 1 fully saturated rings. The summed E-state index contributed by atoms with van der Waals surface area (Å²) in [5.74, 6) is 1.29. The van der Waals surface area contributed by atoms with Gasteiger partial charge in [0.05, 0.1) is 6.10 Å². The van der Waals surface area contributed by atoms with Gasteiger partial charge >= 0.3 is 0 Å². The maximum Gasteiger partial charge on any atom is 0.251 e. The number of benzene rings is 1. The number of hydrogen-bond donors (Lipinski definition) is 1. The summed E-state index contributed by atoms with van der Waals surface area (Å²) >= 11 is 3.53. The van der Waals surface area contributed by atoms with Gasteiger partial charge in [-0.2, -0.15) is 0 Å². The molecular weight excluding hydrogens is 318 g/mol. The van der Waals surface area contributed by atoms with Crippen LogP contribution < -0.4 is 10.1 Å². The van der Waals surface area contributed by atoms with Gasteiger partial charge in [0.15, 0.2) is 0 Å². The zero-order valence-electron chi connectivity index (χ0n) is 12.1. The highest BCUT2D eigenvalue weighted by molar-refractivity contribution is 9.09. The van der Waals surface area contributed by atoms with Gasteiger partial charge in [-0.1, -0.05) is 28.4 Å². The second kappa shape index (κ2) is 7.11. The third-order valence-corrected chi connectivity index (χ3v) is 4.47. The molecule has 2 atom stereocenters. The third-order valence-electron chi connectivity index (χ3n) is 3.64. The molecule has 0 spiro atoms. The number of amides is 1. The monoisotopic (exact) mass is 339 g/mol. The largest absolute Gasteiger partial charge is 0.491 e. The zero-order chi connectivity index (χ0) is 14.5. The van der Waals surface area contributed by atoms with Gasteiger partial charge in [0, 0.05) is 16.9 Å². The van der Waals surface area contributed by atoms with Gasteiger partial charge in [-0.15, -0.1) is 0 Å². The van der Waals surface area contributed by atoms with Crippen molar-refractivity contribution in [3.05, 3.63) is 29.8 Å². The first-order valence-electron chi connectivity index (χ1n) is 7.23. The molecule has 110 valence electrons. The average Bonchev–Trinajstić information content (AvgIpc) is 2.85. The van der Waals surface area contributed by atoms with Crippen LogP contribution in [0.25, 0.3) is 0 Å². The first kappa shape index (κ1) is 15.4. The molecule has 1 aromatic rings. The highest BCUT2D eigenvalue weighted by Crippen LogP contribution is 2.27. The molecule has 0 saturated heterocycles. The van der Waals surface area contributed by atoms with Crippen molar-refractivity contribution in [3.8, 4) is 5.75 Å². The second-order valence-corrected chi connectivity index (χ2v) is 6.27. The van der Waals surface area contributed by atoms with Crippen molar-refractivity contribution in [2.75, 3.05) is 5.33 Å². The number of nitrogens with one attached hydrogen (secondary N) is 1. The number of alkyl halides is 1.